The Hall–Kier alpha value is -8.44. The third-order valence-electron chi connectivity index (χ3n) is 13.6. The Morgan fingerprint density at radius 1 is 0.394 bits per heavy atom. The molecule has 0 N–H and O–H groups in total. The zero-order valence-electron chi connectivity index (χ0n) is 35.7. The van der Waals surface area contributed by atoms with Gasteiger partial charge in [-0.25, -0.2) is 0 Å². The summed E-state index contributed by atoms with van der Waals surface area (Å²) in [7, 11) is 0. The number of furan rings is 1. The van der Waals surface area contributed by atoms with Gasteiger partial charge in [-0.3, -0.25) is 0 Å². The van der Waals surface area contributed by atoms with Gasteiger partial charge in [-0.2, -0.15) is 0 Å². The molecule has 3 heterocycles. The average Bonchev–Trinajstić information content (AvgIpc) is 4.06. The summed E-state index contributed by atoms with van der Waals surface area (Å²) >= 11 is 1.88. The molecule has 0 aliphatic rings. The van der Waals surface area contributed by atoms with Crippen LogP contribution in [-0.2, 0) is 0 Å². The van der Waals surface area contributed by atoms with Crippen molar-refractivity contribution in [1.29, 1.82) is 0 Å². The van der Waals surface area contributed by atoms with E-state index in [9.17, 15) is 0 Å². The smallest absolute Gasteiger partial charge is 0.143 e. The predicted molar refractivity (Wildman–Crippen MR) is 282 cm³/mol. The molecular weight excluding hydrogens is 821 g/mol. The molecule has 0 aliphatic heterocycles. The molecule has 14 aromatic rings. The number of hydrogen-bond donors (Lipinski definition) is 0. The zero-order valence-corrected chi connectivity index (χ0v) is 36.5. The van der Waals surface area contributed by atoms with Crippen LogP contribution in [0, 0.1) is 0 Å². The molecule has 0 radical (unpaired) electrons. The molecule has 66 heavy (non-hydrogen) atoms. The van der Waals surface area contributed by atoms with Gasteiger partial charge in [0, 0.05) is 69.5 Å². The minimum Gasteiger partial charge on any atom is -0.455 e. The van der Waals surface area contributed by atoms with Gasteiger partial charge in [0.25, 0.3) is 0 Å². The first-order valence-electron chi connectivity index (χ1n) is 22.5. The summed E-state index contributed by atoms with van der Waals surface area (Å²) in [6.45, 7) is 0. The van der Waals surface area contributed by atoms with Crippen molar-refractivity contribution in [3.8, 4) is 27.9 Å². The number of para-hydroxylation sites is 5. The number of thiophene rings is 1. The highest BCUT2D eigenvalue weighted by molar-refractivity contribution is 7.26. The third-order valence-corrected chi connectivity index (χ3v) is 14.8. The highest BCUT2D eigenvalue weighted by Gasteiger charge is 2.27. The lowest BCUT2D eigenvalue weighted by atomic mass is 9.95. The fraction of sp³-hybridized carbons (Fsp3) is 0. The first kappa shape index (κ1) is 37.0. The van der Waals surface area contributed by atoms with Crippen molar-refractivity contribution >= 4 is 114 Å². The van der Waals surface area contributed by atoms with Crippen LogP contribution in [0.15, 0.2) is 235 Å². The Balaban J connectivity index is 1.11. The van der Waals surface area contributed by atoms with Gasteiger partial charge < -0.3 is 13.9 Å². The Labute approximate surface area is 384 Å². The van der Waals surface area contributed by atoms with Gasteiger partial charge in [0.2, 0.25) is 0 Å². The van der Waals surface area contributed by atoms with Gasteiger partial charge in [0.1, 0.15) is 11.2 Å². The first-order chi connectivity index (χ1) is 32.8. The van der Waals surface area contributed by atoms with Crippen LogP contribution in [0.5, 0.6) is 0 Å². The van der Waals surface area contributed by atoms with Crippen molar-refractivity contribution in [2.75, 3.05) is 4.90 Å². The molecule has 4 heteroatoms. The largest absolute Gasteiger partial charge is 0.455 e. The molecule has 308 valence electrons. The number of aromatic nitrogens is 1. The van der Waals surface area contributed by atoms with E-state index in [2.05, 4.69) is 234 Å². The maximum Gasteiger partial charge on any atom is 0.143 e. The molecule has 0 spiro atoms. The predicted octanol–water partition coefficient (Wildman–Crippen LogP) is 18.2. The SMILES string of the molecule is c1cc(-c2cccc3c2oc2ccccc23)cc(N(c2ccc3c(sc4ccccc43)c2-c2ccccc2-n2c3ccccc3c3ccccc32)c2cc3ccccc3c3ccccc23)c1. The molecule has 0 fully saturated rings. The lowest BCUT2D eigenvalue weighted by Crippen LogP contribution is -2.12. The van der Waals surface area contributed by atoms with E-state index in [-0.39, 0.29) is 0 Å². The van der Waals surface area contributed by atoms with Gasteiger partial charge in [-0.05, 0) is 76.3 Å². The summed E-state index contributed by atoms with van der Waals surface area (Å²) in [5.74, 6) is 0. The zero-order chi connectivity index (χ0) is 43.3. The lowest BCUT2D eigenvalue weighted by Gasteiger charge is -2.31. The molecule has 0 aliphatic carbocycles. The van der Waals surface area contributed by atoms with Crippen LogP contribution >= 0.6 is 11.3 Å². The second kappa shape index (κ2) is 14.5. The maximum atomic E-state index is 6.66. The van der Waals surface area contributed by atoms with Crippen molar-refractivity contribution in [1.82, 2.24) is 4.57 Å². The number of rotatable bonds is 6. The standard InChI is InChI=1S/C62H38N2OS/c1-2-20-42-40(17-1)38-57(45-22-4-3-21-44(42)45)63(41-19-15-18-39(37-41)43-28-16-29-50-48-25-8-13-33-58(48)65-61(43)50)56-36-35-51-49-26-9-14-34-59(49)66-62(51)60(56)52-27-7-12-32-55(52)64-53-30-10-5-23-46(53)47-24-6-11-31-54(47)64/h1-38H. The van der Waals surface area contributed by atoms with E-state index in [1.165, 1.54) is 69.1 Å². The highest BCUT2D eigenvalue weighted by Crippen LogP contribution is 2.52. The molecule has 0 saturated heterocycles. The molecule has 0 atom stereocenters. The minimum absolute atomic E-state index is 0.892. The Morgan fingerprint density at radius 3 is 1.85 bits per heavy atom. The maximum absolute atomic E-state index is 6.66. The number of nitrogens with zero attached hydrogens (tertiary/aromatic N) is 2. The van der Waals surface area contributed by atoms with Crippen LogP contribution in [0.2, 0.25) is 0 Å². The normalized spacial score (nSPS) is 11.9. The van der Waals surface area contributed by atoms with E-state index >= 15 is 0 Å². The fourth-order valence-corrected chi connectivity index (χ4v) is 12.0. The van der Waals surface area contributed by atoms with E-state index < -0.39 is 0 Å². The average molecular weight is 859 g/mol. The topological polar surface area (TPSA) is 21.3 Å². The summed E-state index contributed by atoms with van der Waals surface area (Å²) in [5.41, 5.74) is 13.0. The molecule has 14 rings (SSSR count). The Kier molecular flexibility index (Phi) is 8.15. The van der Waals surface area contributed by atoms with Crippen molar-refractivity contribution < 1.29 is 4.42 Å². The number of benzene rings is 11. The molecule has 0 unspecified atom stereocenters. The van der Waals surface area contributed by atoms with Crippen molar-refractivity contribution in [2.24, 2.45) is 0 Å². The second-order valence-corrected chi connectivity index (χ2v) is 18.2. The third kappa shape index (κ3) is 5.49. The number of hydrogen-bond acceptors (Lipinski definition) is 3. The first-order valence-corrected chi connectivity index (χ1v) is 23.3. The second-order valence-electron chi connectivity index (χ2n) is 17.2. The van der Waals surface area contributed by atoms with Crippen molar-refractivity contribution in [2.45, 2.75) is 0 Å². The number of fused-ring (bicyclic) bond motifs is 12. The Morgan fingerprint density at radius 2 is 1.02 bits per heavy atom. The van der Waals surface area contributed by atoms with E-state index in [1.807, 2.05) is 17.4 Å². The summed E-state index contributed by atoms with van der Waals surface area (Å²) in [6, 6.07) is 84.2. The molecular formula is C62H38N2OS. The van der Waals surface area contributed by atoms with Gasteiger partial charge in [0.05, 0.1) is 28.1 Å². The van der Waals surface area contributed by atoms with Crippen LogP contribution in [0.1, 0.15) is 0 Å². The molecule has 3 aromatic heterocycles. The van der Waals surface area contributed by atoms with Gasteiger partial charge in [-0.15, -0.1) is 11.3 Å². The van der Waals surface area contributed by atoms with Crippen molar-refractivity contribution in [3.63, 3.8) is 0 Å². The molecule has 0 bridgehead atoms. The monoisotopic (exact) mass is 858 g/mol. The minimum atomic E-state index is 0.892. The quantitative estimate of drug-likeness (QED) is 0.155. The molecule has 0 amide bonds. The van der Waals surface area contributed by atoms with Crippen molar-refractivity contribution in [3.05, 3.63) is 231 Å². The molecule has 3 nitrogen and oxygen atoms in total. The highest BCUT2D eigenvalue weighted by atomic mass is 32.1. The van der Waals surface area contributed by atoms with E-state index in [0.717, 1.165) is 61.4 Å². The summed E-state index contributed by atoms with van der Waals surface area (Å²) in [4.78, 5) is 2.53. The molecule has 0 saturated carbocycles. The number of anilines is 3. The summed E-state index contributed by atoms with van der Waals surface area (Å²) in [6.07, 6.45) is 0. The van der Waals surface area contributed by atoms with Crippen LogP contribution in [0.3, 0.4) is 0 Å². The fourth-order valence-electron chi connectivity index (χ4n) is 10.7. The Bertz CT molecular complexity index is 4210. The van der Waals surface area contributed by atoms with E-state index in [1.54, 1.807) is 0 Å². The van der Waals surface area contributed by atoms with Crippen LogP contribution in [0.25, 0.3) is 113 Å². The van der Waals surface area contributed by atoms with Crippen LogP contribution in [-0.4, -0.2) is 4.57 Å². The van der Waals surface area contributed by atoms with Gasteiger partial charge in [0.15, 0.2) is 0 Å². The van der Waals surface area contributed by atoms with Crippen LogP contribution in [0.4, 0.5) is 17.1 Å². The molecule has 11 aromatic carbocycles. The van der Waals surface area contributed by atoms with Gasteiger partial charge in [-0.1, -0.05) is 176 Å². The lowest BCUT2D eigenvalue weighted by molar-refractivity contribution is 0.670. The summed E-state index contributed by atoms with van der Waals surface area (Å²) in [5, 5.41) is 12.1. The summed E-state index contributed by atoms with van der Waals surface area (Å²) < 4.78 is 11.7. The van der Waals surface area contributed by atoms with E-state index in [4.69, 9.17) is 4.42 Å². The van der Waals surface area contributed by atoms with Crippen LogP contribution < -0.4 is 4.90 Å². The van der Waals surface area contributed by atoms with Gasteiger partial charge >= 0.3 is 0 Å². The van der Waals surface area contributed by atoms with E-state index in [0.29, 0.717) is 0 Å².